The molecule has 5 heteroatoms. The maximum atomic E-state index is 10.8. The van der Waals surface area contributed by atoms with Gasteiger partial charge in [-0.2, -0.15) is 0 Å². The first-order valence-electron chi connectivity index (χ1n) is 5.44. The van der Waals surface area contributed by atoms with Crippen molar-refractivity contribution in [3.8, 4) is 0 Å². The SMILES string of the molecule is CCCC(C)NCCOCCS(C)(=O)=O. The normalized spacial score (nSPS) is 14.1. The summed E-state index contributed by atoms with van der Waals surface area (Å²) in [4.78, 5) is 0. The molecule has 0 aliphatic heterocycles. The summed E-state index contributed by atoms with van der Waals surface area (Å²) in [7, 11) is -2.88. The van der Waals surface area contributed by atoms with Crippen molar-refractivity contribution in [1.82, 2.24) is 5.32 Å². The summed E-state index contributed by atoms with van der Waals surface area (Å²) >= 11 is 0. The molecule has 0 fully saturated rings. The van der Waals surface area contributed by atoms with Crippen molar-refractivity contribution >= 4 is 9.84 Å². The maximum Gasteiger partial charge on any atom is 0.149 e. The van der Waals surface area contributed by atoms with E-state index in [2.05, 4.69) is 19.2 Å². The van der Waals surface area contributed by atoms with Crippen molar-refractivity contribution < 1.29 is 13.2 Å². The van der Waals surface area contributed by atoms with Gasteiger partial charge in [0.1, 0.15) is 9.84 Å². The zero-order valence-electron chi connectivity index (χ0n) is 9.95. The molecule has 1 atom stereocenters. The van der Waals surface area contributed by atoms with E-state index in [1.165, 1.54) is 12.7 Å². The molecule has 0 amide bonds. The maximum absolute atomic E-state index is 10.8. The van der Waals surface area contributed by atoms with E-state index in [1.807, 2.05) is 0 Å². The van der Waals surface area contributed by atoms with Gasteiger partial charge in [-0.05, 0) is 13.3 Å². The van der Waals surface area contributed by atoms with Crippen molar-refractivity contribution in [3.63, 3.8) is 0 Å². The third-order valence-electron chi connectivity index (χ3n) is 2.06. The van der Waals surface area contributed by atoms with E-state index < -0.39 is 9.84 Å². The molecule has 1 unspecified atom stereocenters. The van der Waals surface area contributed by atoms with Crippen LogP contribution >= 0.6 is 0 Å². The second-order valence-electron chi connectivity index (χ2n) is 3.89. The third kappa shape index (κ3) is 11.8. The topological polar surface area (TPSA) is 55.4 Å². The predicted molar refractivity (Wildman–Crippen MR) is 62.9 cm³/mol. The number of hydrogen-bond acceptors (Lipinski definition) is 4. The lowest BCUT2D eigenvalue weighted by atomic mass is 10.2. The van der Waals surface area contributed by atoms with Crippen LogP contribution in [0.4, 0.5) is 0 Å². The predicted octanol–water partition coefficient (Wildman–Crippen LogP) is 0.826. The summed E-state index contributed by atoms with van der Waals surface area (Å²) in [5.74, 6) is 0.109. The number of hydrogen-bond donors (Lipinski definition) is 1. The average molecular weight is 237 g/mol. The van der Waals surface area contributed by atoms with Crippen LogP contribution in [0.2, 0.25) is 0 Å². The highest BCUT2D eigenvalue weighted by molar-refractivity contribution is 7.90. The molecule has 0 aromatic heterocycles. The lowest BCUT2D eigenvalue weighted by Gasteiger charge is -2.12. The minimum atomic E-state index is -2.88. The molecule has 1 N–H and O–H groups in total. The van der Waals surface area contributed by atoms with Crippen molar-refractivity contribution in [2.24, 2.45) is 0 Å². The minimum Gasteiger partial charge on any atom is -0.379 e. The first-order valence-corrected chi connectivity index (χ1v) is 7.50. The van der Waals surface area contributed by atoms with Crippen LogP contribution in [-0.4, -0.2) is 46.2 Å². The van der Waals surface area contributed by atoms with Crippen LogP contribution in [0.5, 0.6) is 0 Å². The molecule has 0 spiro atoms. The molecule has 0 aliphatic carbocycles. The van der Waals surface area contributed by atoms with Gasteiger partial charge in [0, 0.05) is 18.8 Å². The monoisotopic (exact) mass is 237 g/mol. The number of nitrogens with one attached hydrogen (secondary N) is 1. The molecule has 0 radical (unpaired) electrons. The molecule has 0 saturated heterocycles. The standard InChI is InChI=1S/C10H23NO3S/c1-4-5-10(2)11-6-7-14-8-9-15(3,12)13/h10-11H,4-9H2,1-3H3. The minimum absolute atomic E-state index is 0.109. The summed E-state index contributed by atoms with van der Waals surface area (Å²) in [5, 5.41) is 3.31. The van der Waals surface area contributed by atoms with E-state index in [9.17, 15) is 8.42 Å². The highest BCUT2D eigenvalue weighted by atomic mass is 32.2. The van der Waals surface area contributed by atoms with E-state index in [-0.39, 0.29) is 5.75 Å². The Kier molecular flexibility index (Phi) is 8.00. The fourth-order valence-electron chi connectivity index (χ4n) is 1.22. The molecule has 0 aromatic carbocycles. The fraction of sp³-hybridized carbons (Fsp3) is 1.00. The highest BCUT2D eigenvalue weighted by Crippen LogP contribution is 1.93. The van der Waals surface area contributed by atoms with E-state index in [1.54, 1.807) is 0 Å². The molecular formula is C10H23NO3S. The molecule has 0 aliphatic rings. The van der Waals surface area contributed by atoms with E-state index in [0.717, 1.165) is 13.0 Å². The fourth-order valence-corrected chi connectivity index (χ4v) is 1.65. The Hall–Kier alpha value is -0.130. The molecule has 0 aromatic rings. The second-order valence-corrected chi connectivity index (χ2v) is 6.15. The largest absolute Gasteiger partial charge is 0.379 e. The number of ether oxygens (including phenoxy) is 1. The van der Waals surface area contributed by atoms with Gasteiger partial charge in [-0.3, -0.25) is 0 Å². The van der Waals surface area contributed by atoms with Gasteiger partial charge in [-0.15, -0.1) is 0 Å². The molecule has 0 heterocycles. The summed E-state index contributed by atoms with van der Waals surface area (Å²) in [6, 6.07) is 0.508. The van der Waals surface area contributed by atoms with Gasteiger partial charge < -0.3 is 10.1 Å². The van der Waals surface area contributed by atoms with Crippen molar-refractivity contribution in [2.45, 2.75) is 32.7 Å². The number of sulfone groups is 1. The van der Waals surface area contributed by atoms with Crippen LogP contribution in [0.3, 0.4) is 0 Å². The lowest BCUT2D eigenvalue weighted by molar-refractivity contribution is 0.148. The molecular weight excluding hydrogens is 214 g/mol. The molecule has 15 heavy (non-hydrogen) atoms. The van der Waals surface area contributed by atoms with Gasteiger partial charge >= 0.3 is 0 Å². The first kappa shape index (κ1) is 14.9. The molecule has 0 rings (SSSR count). The Morgan fingerprint density at radius 1 is 1.33 bits per heavy atom. The molecule has 0 bridgehead atoms. The van der Waals surface area contributed by atoms with Crippen molar-refractivity contribution in [1.29, 1.82) is 0 Å². The van der Waals surface area contributed by atoms with Crippen LogP contribution in [0, 0.1) is 0 Å². The Balaban J connectivity index is 3.25. The Bertz CT molecular complexity index is 239. The van der Waals surface area contributed by atoms with E-state index in [4.69, 9.17) is 4.74 Å². The summed E-state index contributed by atoms with van der Waals surface area (Å²) in [6.07, 6.45) is 3.55. The van der Waals surface area contributed by atoms with Gasteiger partial charge in [-0.25, -0.2) is 8.42 Å². The zero-order valence-corrected chi connectivity index (χ0v) is 10.8. The van der Waals surface area contributed by atoms with E-state index in [0.29, 0.717) is 19.3 Å². The second kappa shape index (κ2) is 8.07. The quantitative estimate of drug-likeness (QED) is 0.603. The van der Waals surface area contributed by atoms with Gasteiger partial charge in [0.2, 0.25) is 0 Å². The van der Waals surface area contributed by atoms with Crippen LogP contribution < -0.4 is 5.32 Å². The molecule has 4 nitrogen and oxygen atoms in total. The van der Waals surface area contributed by atoms with Gasteiger partial charge in [0.15, 0.2) is 0 Å². The van der Waals surface area contributed by atoms with Crippen LogP contribution in [0.1, 0.15) is 26.7 Å². The Morgan fingerprint density at radius 3 is 2.53 bits per heavy atom. The highest BCUT2D eigenvalue weighted by Gasteiger charge is 2.01. The van der Waals surface area contributed by atoms with E-state index >= 15 is 0 Å². The van der Waals surface area contributed by atoms with Crippen molar-refractivity contribution in [3.05, 3.63) is 0 Å². The molecule has 92 valence electrons. The lowest BCUT2D eigenvalue weighted by Crippen LogP contribution is -2.29. The van der Waals surface area contributed by atoms with Crippen LogP contribution in [-0.2, 0) is 14.6 Å². The summed E-state index contributed by atoms with van der Waals surface area (Å²) in [5.41, 5.74) is 0. The van der Waals surface area contributed by atoms with Gasteiger partial charge in [0.25, 0.3) is 0 Å². The number of rotatable bonds is 9. The molecule has 0 saturated carbocycles. The van der Waals surface area contributed by atoms with Gasteiger partial charge in [0.05, 0.1) is 19.0 Å². The van der Waals surface area contributed by atoms with Crippen LogP contribution in [0.15, 0.2) is 0 Å². The summed E-state index contributed by atoms with van der Waals surface area (Å²) < 4.78 is 26.7. The first-order chi connectivity index (χ1) is 6.95. The smallest absolute Gasteiger partial charge is 0.149 e. The van der Waals surface area contributed by atoms with Crippen molar-refractivity contribution in [2.75, 3.05) is 31.8 Å². The Labute approximate surface area is 93.3 Å². The van der Waals surface area contributed by atoms with Crippen LogP contribution in [0.25, 0.3) is 0 Å². The average Bonchev–Trinajstić information content (AvgIpc) is 2.09. The Morgan fingerprint density at radius 2 is 2.00 bits per heavy atom. The zero-order chi connectivity index (χ0) is 11.7. The third-order valence-corrected chi connectivity index (χ3v) is 2.97. The van der Waals surface area contributed by atoms with Gasteiger partial charge in [-0.1, -0.05) is 13.3 Å². The summed E-state index contributed by atoms with van der Waals surface area (Å²) in [6.45, 7) is 5.94.